The quantitative estimate of drug-likeness (QED) is 0.260. The van der Waals surface area contributed by atoms with E-state index in [-0.39, 0.29) is 28.3 Å². The number of sulfonamides is 1. The van der Waals surface area contributed by atoms with Gasteiger partial charge in [-0.2, -0.15) is 0 Å². The lowest BCUT2D eigenvalue weighted by molar-refractivity contribution is -0.140. The van der Waals surface area contributed by atoms with Gasteiger partial charge in [0, 0.05) is 39.9 Å². The molecule has 1 aliphatic rings. The maximum atomic E-state index is 12.9. The first-order valence-electron chi connectivity index (χ1n) is 10.2. The topological polar surface area (TPSA) is 124 Å². The van der Waals surface area contributed by atoms with Crippen molar-refractivity contribution in [1.29, 1.82) is 0 Å². The molecular weight excluding hydrogens is 448 g/mol. The summed E-state index contributed by atoms with van der Waals surface area (Å²) < 4.78 is 30.7. The maximum Gasteiger partial charge on any atom is 0.295 e. The number of ether oxygens (including phenoxy) is 1. The molecule has 1 unspecified atom stereocenters. The molecule has 0 aliphatic carbocycles. The van der Waals surface area contributed by atoms with Gasteiger partial charge in [0.2, 0.25) is 10.0 Å². The Morgan fingerprint density at radius 3 is 2.36 bits per heavy atom. The molecule has 3 rings (SSSR count). The van der Waals surface area contributed by atoms with Crippen LogP contribution in [0.5, 0.6) is 5.75 Å². The third-order valence-corrected chi connectivity index (χ3v) is 7.21. The molecule has 2 aromatic carbocycles. The Labute approximate surface area is 192 Å². The number of benzene rings is 2. The minimum absolute atomic E-state index is 0.0219. The Bertz CT molecular complexity index is 1190. The number of carbonyl (C=O) groups excluding carboxylic acids is 2. The summed E-state index contributed by atoms with van der Waals surface area (Å²) in [6, 6.07) is 10.6. The summed E-state index contributed by atoms with van der Waals surface area (Å²) in [5.74, 6) is -2.10. The van der Waals surface area contributed by atoms with Crippen LogP contribution >= 0.6 is 0 Å². The number of phenols is 1. The molecule has 1 atom stereocenters. The number of aromatic hydroxyl groups is 1. The predicted molar refractivity (Wildman–Crippen MR) is 121 cm³/mol. The number of rotatable bonds is 8. The Hall–Kier alpha value is -3.21. The molecule has 1 amide bonds. The van der Waals surface area contributed by atoms with E-state index >= 15 is 0 Å². The van der Waals surface area contributed by atoms with Crippen LogP contribution in [0.25, 0.3) is 5.76 Å². The van der Waals surface area contributed by atoms with Crippen LogP contribution in [0.3, 0.4) is 0 Å². The Morgan fingerprint density at radius 2 is 1.79 bits per heavy atom. The Morgan fingerprint density at radius 1 is 1.12 bits per heavy atom. The normalized spacial score (nSPS) is 18.3. The van der Waals surface area contributed by atoms with Crippen molar-refractivity contribution >= 4 is 27.5 Å². The van der Waals surface area contributed by atoms with E-state index in [4.69, 9.17) is 4.74 Å². The molecule has 10 heteroatoms. The molecule has 1 heterocycles. The first-order chi connectivity index (χ1) is 15.6. The van der Waals surface area contributed by atoms with E-state index in [1.807, 2.05) is 0 Å². The summed E-state index contributed by atoms with van der Waals surface area (Å²) in [4.78, 5) is 27.1. The average Bonchev–Trinajstić information content (AvgIpc) is 3.03. The fourth-order valence-corrected chi connectivity index (χ4v) is 4.58. The van der Waals surface area contributed by atoms with E-state index < -0.39 is 33.5 Å². The van der Waals surface area contributed by atoms with Crippen LogP contribution in [-0.2, 0) is 24.3 Å². The number of aliphatic hydroxyl groups is 1. The first kappa shape index (κ1) is 24.4. The standard InChI is InChI=1S/C23H26N2O7S/c1-24(2)33(30,31)18-10-8-15(9-11-18)21(27)19-20(16-6-4-7-17(26)14-16)25(12-5-13-32-3)23(29)22(19)28/h4,6-11,14,20,26-27H,5,12-13H2,1-3H3. The third-order valence-electron chi connectivity index (χ3n) is 5.38. The molecular formula is C23H26N2O7S. The molecule has 2 N–H and O–H groups in total. The molecule has 0 radical (unpaired) electrons. The van der Waals surface area contributed by atoms with Crippen molar-refractivity contribution in [1.82, 2.24) is 9.21 Å². The SMILES string of the molecule is COCCCN1C(=O)C(=O)C(=C(O)c2ccc(S(=O)(=O)N(C)C)cc2)C1c1cccc(O)c1. The highest BCUT2D eigenvalue weighted by atomic mass is 32.2. The summed E-state index contributed by atoms with van der Waals surface area (Å²) in [6.07, 6.45) is 0.468. The summed E-state index contributed by atoms with van der Waals surface area (Å²) in [5.41, 5.74) is 0.513. The number of methoxy groups -OCH3 is 1. The van der Waals surface area contributed by atoms with Crippen LogP contribution in [-0.4, -0.2) is 73.9 Å². The number of nitrogens with zero attached hydrogens (tertiary/aromatic N) is 2. The van der Waals surface area contributed by atoms with Crippen LogP contribution in [0.2, 0.25) is 0 Å². The van der Waals surface area contributed by atoms with Gasteiger partial charge in [0.05, 0.1) is 16.5 Å². The molecule has 9 nitrogen and oxygen atoms in total. The fraction of sp³-hybridized carbons (Fsp3) is 0.304. The molecule has 1 saturated heterocycles. The molecule has 2 aromatic rings. The molecule has 0 saturated carbocycles. The van der Waals surface area contributed by atoms with Crippen molar-refractivity contribution in [2.75, 3.05) is 34.4 Å². The zero-order valence-electron chi connectivity index (χ0n) is 18.6. The number of Topliss-reactive ketones (excluding diaryl/α,β-unsaturated/α-hetero) is 1. The highest BCUT2D eigenvalue weighted by Gasteiger charge is 2.45. The third kappa shape index (κ3) is 4.77. The van der Waals surface area contributed by atoms with Crippen molar-refractivity contribution in [2.45, 2.75) is 17.4 Å². The number of carbonyl (C=O) groups is 2. The lowest BCUT2D eigenvalue weighted by Crippen LogP contribution is -2.31. The zero-order valence-corrected chi connectivity index (χ0v) is 19.4. The van der Waals surface area contributed by atoms with Gasteiger partial charge in [0.25, 0.3) is 11.7 Å². The number of phenolic OH excluding ortho intramolecular Hbond substituents is 1. The van der Waals surface area contributed by atoms with E-state index in [0.29, 0.717) is 18.6 Å². The van der Waals surface area contributed by atoms with E-state index in [0.717, 1.165) is 4.31 Å². The molecule has 1 fully saturated rings. The lowest BCUT2D eigenvalue weighted by Gasteiger charge is -2.25. The smallest absolute Gasteiger partial charge is 0.295 e. The molecule has 33 heavy (non-hydrogen) atoms. The van der Waals surface area contributed by atoms with Gasteiger partial charge in [-0.25, -0.2) is 12.7 Å². The number of ketones is 1. The number of amides is 1. The van der Waals surface area contributed by atoms with E-state index in [9.17, 15) is 28.2 Å². The van der Waals surface area contributed by atoms with Crippen molar-refractivity contribution in [3.63, 3.8) is 0 Å². The van der Waals surface area contributed by atoms with E-state index in [1.54, 1.807) is 12.1 Å². The van der Waals surface area contributed by atoms with Crippen molar-refractivity contribution in [3.05, 3.63) is 65.2 Å². The minimum atomic E-state index is -3.67. The second kappa shape index (κ2) is 9.74. The summed E-state index contributed by atoms with van der Waals surface area (Å²) in [5, 5.41) is 21.0. The fourth-order valence-electron chi connectivity index (χ4n) is 3.68. The van der Waals surface area contributed by atoms with Crippen LogP contribution in [0.15, 0.2) is 59.0 Å². The number of aliphatic hydroxyl groups excluding tert-OH is 1. The highest BCUT2D eigenvalue weighted by molar-refractivity contribution is 7.89. The maximum absolute atomic E-state index is 12.9. The number of hydrogen-bond donors (Lipinski definition) is 2. The molecule has 0 aromatic heterocycles. The van der Waals surface area contributed by atoms with Gasteiger partial charge in [0.15, 0.2) is 0 Å². The largest absolute Gasteiger partial charge is 0.508 e. The second-order valence-corrected chi connectivity index (χ2v) is 9.90. The average molecular weight is 475 g/mol. The van der Waals surface area contributed by atoms with Crippen LogP contribution in [0, 0.1) is 0 Å². The van der Waals surface area contributed by atoms with Crippen molar-refractivity contribution in [3.8, 4) is 5.75 Å². The van der Waals surface area contributed by atoms with Gasteiger partial charge < -0.3 is 19.8 Å². The van der Waals surface area contributed by atoms with Crippen LogP contribution < -0.4 is 0 Å². The van der Waals surface area contributed by atoms with Crippen LogP contribution in [0.4, 0.5) is 0 Å². The zero-order chi connectivity index (χ0) is 24.3. The molecule has 0 bridgehead atoms. The first-order valence-corrected chi connectivity index (χ1v) is 11.6. The number of hydrogen-bond acceptors (Lipinski definition) is 7. The minimum Gasteiger partial charge on any atom is -0.508 e. The van der Waals surface area contributed by atoms with E-state index in [1.165, 1.54) is 62.5 Å². The van der Waals surface area contributed by atoms with Gasteiger partial charge in [-0.1, -0.05) is 12.1 Å². The summed E-state index contributed by atoms with van der Waals surface area (Å²) in [6.45, 7) is 0.576. The molecule has 0 spiro atoms. The van der Waals surface area contributed by atoms with Gasteiger partial charge in [-0.05, 0) is 48.4 Å². The van der Waals surface area contributed by atoms with Crippen LogP contribution in [0.1, 0.15) is 23.6 Å². The summed E-state index contributed by atoms with van der Waals surface area (Å²) >= 11 is 0. The predicted octanol–water partition coefficient (Wildman–Crippen LogP) is 2.10. The lowest BCUT2D eigenvalue weighted by atomic mass is 9.95. The second-order valence-electron chi connectivity index (χ2n) is 7.75. The van der Waals surface area contributed by atoms with E-state index in [2.05, 4.69) is 0 Å². The Balaban J connectivity index is 2.10. The summed E-state index contributed by atoms with van der Waals surface area (Å²) in [7, 11) is 0.670. The molecule has 176 valence electrons. The number of likely N-dealkylation sites (tertiary alicyclic amines) is 1. The van der Waals surface area contributed by atoms with Gasteiger partial charge >= 0.3 is 0 Å². The van der Waals surface area contributed by atoms with Gasteiger partial charge in [-0.3, -0.25) is 9.59 Å². The van der Waals surface area contributed by atoms with Gasteiger partial charge in [0.1, 0.15) is 11.5 Å². The molecule has 1 aliphatic heterocycles. The van der Waals surface area contributed by atoms with Crippen molar-refractivity contribution < 1.29 is 33.0 Å². The van der Waals surface area contributed by atoms with Crippen molar-refractivity contribution in [2.24, 2.45) is 0 Å². The highest BCUT2D eigenvalue weighted by Crippen LogP contribution is 2.40. The van der Waals surface area contributed by atoms with Gasteiger partial charge in [-0.15, -0.1) is 0 Å². The monoisotopic (exact) mass is 474 g/mol. The Kier molecular flexibility index (Phi) is 7.21.